The van der Waals surface area contributed by atoms with Crippen molar-refractivity contribution in [3.63, 3.8) is 0 Å². The average Bonchev–Trinajstić information content (AvgIpc) is 2.59. The Morgan fingerprint density at radius 3 is 2.29 bits per heavy atom. The number of carbonyl (C=O) groups is 1. The molecule has 0 fully saturated rings. The van der Waals surface area contributed by atoms with Gasteiger partial charge in [-0.15, -0.1) is 0 Å². The van der Waals surface area contributed by atoms with Crippen molar-refractivity contribution in [1.29, 1.82) is 0 Å². The maximum absolute atomic E-state index is 10.8. The molecule has 0 spiro atoms. The molecule has 1 heterocycles. The molecule has 14 heavy (non-hydrogen) atoms. The number of carboxylic acids is 1. The average molecular weight is 191 g/mol. The first-order chi connectivity index (χ1) is 6.68. The number of nitrogens with zero attached hydrogens (tertiary/aromatic N) is 1. The van der Waals surface area contributed by atoms with Crippen molar-refractivity contribution in [3.05, 3.63) is 35.4 Å². The number of benzene rings is 1. The van der Waals surface area contributed by atoms with Crippen LogP contribution in [0.2, 0.25) is 0 Å². The Labute approximate surface area is 83.0 Å². The second-order valence-corrected chi connectivity index (χ2v) is 3.69. The first-order valence-electron chi connectivity index (χ1n) is 4.72. The molecule has 0 bridgehead atoms. The third kappa shape index (κ3) is 1.51. The minimum Gasteiger partial charge on any atom is -0.480 e. The topological polar surface area (TPSA) is 40.5 Å². The van der Waals surface area contributed by atoms with Gasteiger partial charge < -0.3 is 5.11 Å². The van der Waals surface area contributed by atoms with Gasteiger partial charge in [0.25, 0.3) is 0 Å². The molecule has 0 saturated heterocycles. The van der Waals surface area contributed by atoms with E-state index in [2.05, 4.69) is 12.1 Å². The highest BCUT2D eigenvalue weighted by molar-refractivity contribution is 5.73. The second-order valence-electron chi connectivity index (χ2n) is 3.69. The highest BCUT2D eigenvalue weighted by Gasteiger charge is 2.26. The van der Waals surface area contributed by atoms with Crippen LogP contribution in [0, 0.1) is 0 Å². The van der Waals surface area contributed by atoms with Crippen molar-refractivity contribution in [2.75, 3.05) is 0 Å². The van der Waals surface area contributed by atoms with Crippen molar-refractivity contribution in [2.45, 2.75) is 26.1 Å². The number of hydrogen-bond donors (Lipinski definition) is 1. The number of rotatable bonds is 2. The summed E-state index contributed by atoms with van der Waals surface area (Å²) < 4.78 is 0. The lowest BCUT2D eigenvalue weighted by Crippen LogP contribution is -2.34. The van der Waals surface area contributed by atoms with Gasteiger partial charge in [0, 0.05) is 13.1 Å². The van der Waals surface area contributed by atoms with Crippen LogP contribution in [0.4, 0.5) is 0 Å². The van der Waals surface area contributed by atoms with Crippen LogP contribution in [-0.2, 0) is 17.9 Å². The fraction of sp³-hybridized carbons (Fsp3) is 0.364. The summed E-state index contributed by atoms with van der Waals surface area (Å²) in [5, 5.41) is 8.88. The van der Waals surface area contributed by atoms with E-state index < -0.39 is 12.0 Å². The van der Waals surface area contributed by atoms with Gasteiger partial charge in [0.15, 0.2) is 0 Å². The highest BCUT2D eigenvalue weighted by atomic mass is 16.4. The zero-order chi connectivity index (χ0) is 10.1. The van der Waals surface area contributed by atoms with Crippen molar-refractivity contribution in [3.8, 4) is 0 Å². The quantitative estimate of drug-likeness (QED) is 0.769. The van der Waals surface area contributed by atoms with Crippen molar-refractivity contribution >= 4 is 5.97 Å². The first-order valence-corrected chi connectivity index (χ1v) is 4.72. The van der Waals surface area contributed by atoms with E-state index in [1.807, 2.05) is 17.0 Å². The van der Waals surface area contributed by atoms with Gasteiger partial charge in [0.1, 0.15) is 6.04 Å². The molecule has 0 saturated carbocycles. The van der Waals surface area contributed by atoms with E-state index in [4.69, 9.17) is 5.11 Å². The van der Waals surface area contributed by atoms with Gasteiger partial charge in [-0.1, -0.05) is 24.3 Å². The van der Waals surface area contributed by atoms with Crippen LogP contribution in [0.1, 0.15) is 18.1 Å². The largest absolute Gasteiger partial charge is 0.480 e. The molecule has 1 aliphatic rings. The molecule has 1 atom stereocenters. The molecule has 0 unspecified atom stereocenters. The third-order valence-corrected chi connectivity index (χ3v) is 2.77. The SMILES string of the molecule is C[C@@H](C(=O)O)N1Cc2ccccc2C1. The summed E-state index contributed by atoms with van der Waals surface area (Å²) in [5.74, 6) is -0.752. The molecule has 74 valence electrons. The molecular weight excluding hydrogens is 178 g/mol. The maximum Gasteiger partial charge on any atom is 0.320 e. The minimum atomic E-state index is -0.752. The van der Waals surface area contributed by atoms with E-state index in [0.29, 0.717) is 0 Å². The number of aliphatic carboxylic acids is 1. The van der Waals surface area contributed by atoms with E-state index in [9.17, 15) is 4.79 Å². The lowest BCUT2D eigenvalue weighted by atomic mass is 10.1. The lowest BCUT2D eigenvalue weighted by Gasteiger charge is -2.19. The molecule has 1 aromatic carbocycles. The van der Waals surface area contributed by atoms with Gasteiger partial charge in [-0.3, -0.25) is 9.69 Å². The standard InChI is InChI=1S/C11H13NO2/c1-8(11(13)14)12-6-9-4-2-3-5-10(9)7-12/h2-5,8H,6-7H2,1H3,(H,13,14)/t8-/m0/s1. The van der Waals surface area contributed by atoms with Gasteiger partial charge in [0.2, 0.25) is 0 Å². The summed E-state index contributed by atoms with van der Waals surface area (Å²) in [5.41, 5.74) is 2.50. The van der Waals surface area contributed by atoms with Gasteiger partial charge >= 0.3 is 5.97 Å². The normalized spacial score (nSPS) is 17.8. The monoisotopic (exact) mass is 191 g/mol. The van der Waals surface area contributed by atoms with Crippen LogP contribution in [0.5, 0.6) is 0 Å². The zero-order valence-corrected chi connectivity index (χ0v) is 8.10. The summed E-state index contributed by atoms with van der Waals surface area (Å²) in [7, 11) is 0. The Kier molecular flexibility index (Phi) is 2.25. The molecule has 0 amide bonds. The van der Waals surface area contributed by atoms with Crippen molar-refractivity contribution < 1.29 is 9.90 Å². The van der Waals surface area contributed by atoms with Crippen LogP contribution in [-0.4, -0.2) is 22.0 Å². The molecular formula is C11H13NO2. The molecule has 1 N–H and O–H groups in total. The Morgan fingerprint density at radius 1 is 1.36 bits per heavy atom. The summed E-state index contributed by atoms with van der Waals surface area (Å²) in [6.45, 7) is 3.24. The Hall–Kier alpha value is -1.35. The van der Waals surface area contributed by atoms with Crippen LogP contribution < -0.4 is 0 Å². The van der Waals surface area contributed by atoms with Crippen LogP contribution in [0.3, 0.4) is 0 Å². The predicted molar refractivity (Wildman–Crippen MR) is 52.8 cm³/mol. The molecule has 0 aromatic heterocycles. The van der Waals surface area contributed by atoms with E-state index in [0.717, 1.165) is 13.1 Å². The zero-order valence-electron chi connectivity index (χ0n) is 8.10. The molecule has 1 aliphatic heterocycles. The van der Waals surface area contributed by atoms with E-state index >= 15 is 0 Å². The molecule has 3 nitrogen and oxygen atoms in total. The predicted octanol–water partition coefficient (Wildman–Crippen LogP) is 1.48. The number of carboxylic acid groups (broad SMARTS) is 1. The first kappa shape index (κ1) is 9.21. The van der Waals surface area contributed by atoms with E-state index in [-0.39, 0.29) is 0 Å². The second kappa shape index (κ2) is 3.42. The lowest BCUT2D eigenvalue weighted by molar-refractivity contribution is -0.142. The van der Waals surface area contributed by atoms with Gasteiger partial charge in [-0.05, 0) is 18.1 Å². The molecule has 3 heteroatoms. The van der Waals surface area contributed by atoms with Crippen LogP contribution in [0.25, 0.3) is 0 Å². The Bertz CT molecular complexity index is 337. The molecule has 1 aromatic rings. The summed E-state index contributed by atoms with van der Waals surface area (Å²) >= 11 is 0. The number of hydrogen-bond acceptors (Lipinski definition) is 2. The van der Waals surface area contributed by atoms with Crippen LogP contribution >= 0.6 is 0 Å². The summed E-state index contributed by atoms with van der Waals surface area (Å²) in [6.07, 6.45) is 0. The maximum atomic E-state index is 10.8. The molecule has 0 aliphatic carbocycles. The smallest absolute Gasteiger partial charge is 0.320 e. The van der Waals surface area contributed by atoms with E-state index in [1.165, 1.54) is 11.1 Å². The van der Waals surface area contributed by atoms with Crippen molar-refractivity contribution in [1.82, 2.24) is 4.90 Å². The van der Waals surface area contributed by atoms with Crippen molar-refractivity contribution in [2.24, 2.45) is 0 Å². The summed E-state index contributed by atoms with van der Waals surface area (Å²) in [6, 6.07) is 7.71. The fourth-order valence-electron chi connectivity index (χ4n) is 1.79. The van der Waals surface area contributed by atoms with Gasteiger partial charge in [0.05, 0.1) is 0 Å². The minimum absolute atomic E-state index is 0.401. The molecule has 2 rings (SSSR count). The van der Waals surface area contributed by atoms with Gasteiger partial charge in [-0.2, -0.15) is 0 Å². The summed E-state index contributed by atoms with van der Waals surface area (Å²) in [4.78, 5) is 12.8. The number of fused-ring (bicyclic) bond motifs is 1. The van der Waals surface area contributed by atoms with Crippen LogP contribution in [0.15, 0.2) is 24.3 Å². The van der Waals surface area contributed by atoms with E-state index in [1.54, 1.807) is 6.92 Å². The fourth-order valence-corrected chi connectivity index (χ4v) is 1.79. The Balaban J connectivity index is 2.15. The third-order valence-electron chi connectivity index (χ3n) is 2.77. The van der Waals surface area contributed by atoms with Gasteiger partial charge in [-0.25, -0.2) is 0 Å². The molecule has 0 radical (unpaired) electrons. The highest BCUT2D eigenvalue weighted by Crippen LogP contribution is 2.23. The Morgan fingerprint density at radius 2 is 1.86 bits per heavy atom.